The molecule has 3 saturated carbocycles. The fourth-order valence-corrected chi connectivity index (χ4v) is 10.2. The maximum Gasteiger partial charge on any atom is 0.266 e. The van der Waals surface area contributed by atoms with Crippen LogP contribution >= 0.6 is 15.9 Å². The smallest absolute Gasteiger partial charge is 0.266 e. The van der Waals surface area contributed by atoms with Crippen LogP contribution in [0.5, 0.6) is 0 Å². The number of ketones is 2. The number of aliphatic imine (C=N–C) groups is 1. The fourth-order valence-electron chi connectivity index (χ4n) is 9.99. The summed E-state index contributed by atoms with van der Waals surface area (Å²) in [6.45, 7) is 7.81. The largest absolute Gasteiger partial charge is 0.393 e. The molecule has 0 spiro atoms. The summed E-state index contributed by atoms with van der Waals surface area (Å²) in [5.74, 6) is -1.34. The number of anilines is 1. The highest BCUT2D eigenvalue weighted by Gasteiger charge is 2.68. The predicted molar refractivity (Wildman–Crippen MR) is 203 cm³/mol. The van der Waals surface area contributed by atoms with E-state index in [0.29, 0.717) is 31.5 Å². The van der Waals surface area contributed by atoms with Gasteiger partial charge in [0.15, 0.2) is 11.6 Å². The number of hydrogen-bond acceptors (Lipinski definition) is 8. The highest BCUT2D eigenvalue weighted by molar-refractivity contribution is 9.09. The van der Waals surface area contributed by atoms with E-state index < -0.39 is 35.4 Å². The van der Waals surface area contributed by atoms with E-state index in [1.54, 1.807) is 12.2 Å². The SMILES string of the molecule is C=C(CCCc1ccc(N(C)CC2(C(=O)CO)CCC3C4CCC5=CC(=O)C=CC5(C)C4C(O)CC32C)cc1)NC(=O)C=NC(=O)CNC(=O)CBr. The quantitative estimate of drug-likeness (QED) is 0.163. The van der Waals surface area contributed by atoms with Crippen LogP contribution in [-0.2, 0) is 30.4 Å². The van der Waals surface area contributed by atoms with Gasteiger partial charge in [-0.1, -0.05) is 60.1 Å². The molecule has 0 heterocycles. The van der Waals surface area contributed by atoms with Gasteiger partial charge in [-0.3, -0.25) is 24.0 Å². The Morgan fingerprint density at radius 3 is 2.58 bits per heavy atom. The highest BCUT2D eigenvalue weighted by Crippen LogP contribution is 2.69. The van der Waals surface area contributed by atoms with Crippen LogP contribution in [0, 0.1) is 34.0 Å². The number of nitrogens with one attached hydrogen (secondary N) is 2. The Morgan fingerprint density at radius 2 is 1.88 bits per heavy atom. The topological polar surface area (TPSA) is 165 Å². The van der Waals surface area contributed by atoms with Crippen molar-refractivity contribution in [3.63, 3.8) is 0 Å². The number of nitrogens with zero attached hydrogens (tertiary/aromatic N) is 2. The number of Topliss-reactive ketones (excluding diaryl/α,β-unsaturated/α-hetero) is 1. The van der Waals surface area contributed by atoms with Gasteiger partial charge in [0, 0.05) is 36.3 Å². The summed E-state index contributed by atoms with van der Waals surface area (Å²) in [7, 11) is 1.98. The number of fused-ring (bicyclic) bond motifs is 5. The maximum absolute atomic E-state index is 13.9. The summed E-state index contributed by atoms with van der Waals surface area (Å²) < 4.78 is 0. The number of hydrogen-bond donors (Lipinski definition) is 4. The molecule has 0 aliphatic heterocycles. The number of benzene rings is 1. The molecule has 1 aromatic carbocycles. The van der Waals surface area contributed by atoms with Gasteiger partial charge in [-0.15, -0.1) is 0 Å². The summed E-state index contributed by atoms with van der Waals surface area (Å²) >= 11 is 2.98. The Morgan fingerprint density at radius 1 is 1.15 bits per heavy atom. The first kappa shape index (κ1) is 39.5. The number of aliphatic hydroxyl groups excluding tert-OH is 2. The van der Waals surface area contributed by atoms with E-state index in [0.717, 1.165) is 55.1 Å². The molecule has 3 fully saturated rings. The molecule has 0 saturated heterocycles. The minimum absolute atomic E-state index is 0.00642. The molecule has 280 valence electrons. The molecule has 4 aliphatic rings. The third-order valence-electron chi connectivity index (χ3n) is 12.6. The van der Waals surface area contributed by atoms with Crippen LogP contribution in [0.2, 0.25) is 0 Å². The highest BCUT2D eigenvalue weighted by atomic mass is 79.9. The van der Waals surface area contributed by atoms with Crippen molar-refractivity contribution in [2.75, 3.05) is 37.0 Å². The van der Waals surface area contributed by atoms with E-state index >= 15 is 0 Å². The van der Waals surface area contributed by atoms with Crippen LogP contribution < -0.4 is 15.5 Å². The van der Waals surface area contributed by atoms with E-state index in [1.807, 2.05) is 37.4 Å². The van der Waals surface area contributed by atoms with Crippen LogP contribution in [0.25, 0.3) is 0 Å². The van der Waals surface area contributed by atoms with Gasteiger partial charge in [0.2, 0.25) is 5.91 Å². The van der Waals surface area contributed by atoms with Gasteiger partial charge in [0.05, 0.1) is 29.6 Å². The van der Waals surface area contributed by atoms with Gasteiger partial charge in [-0.2, -0.15) is 0 Å². The molecule has 4 N–H and O–H groups in total. The molecule has 11 nitrogen and oxygen atoms in total. The Labute approximate surface area is 314 Å². The third-order valence-corrected chi connectivity index (χ3v) is 13.1. The number of carbonyl (C=O) groups excluding carboxylic acids is 5. The third kappa shape index (κ3) is 7.79. The zero-order chi connectivity index (χ0) is 37.8. The standard InChI is InChI=1S/C40H51BrN4O7/c1-25(44-36(52)22-43-35(51)21-42-34(50)20-41)6-5-7-26-8-11-28(12-9-26)45(4)24-40(33(49)23-46)17-15-31-30-13-10-27-18-29(47)14-16-38(27,2)37(30)32(48)19-39(31,40)3/h8-9,11-12,14,16,18,22,30-32,37,46,48H,1,5-7,10,13,15,17,19-21,23-24H2,2-4H3,(H,42,50)(H,44,52). The van der Waals surface area contributed by atoms with E-state index in [4.69, 9.17) is 0 Å². The van der Waals surface area contributed by atoms with Crippen LogP contribution in [0.3, 0.4) is 0 Å². The zero-order valence-electron chi connectivity index (χ0n) is 30.3. The molecule has 0 radical (unpaired) electrons. The van der Waals surface area contributed by atoms with Gasteiger partial charge in [0.1, 0.15) is 6.61 Å². The van der Waals surface area contributed by atoms with E-state index in [1.165, 1.54) is 0 Å². The lowest BCUT2D eigenvalue weighted by Crippen LogP contribution is -2.61. The van der Waals surface area contributed by atoms with Gasteiger partial charge in [-0.25, -0.2) is 4.99 Å². The number of carbonyl (C=O) groups is 5. The number of alkyl halides is 1. The normalized spacial score (nSPS) is 30.5. The first-order valence-corrected chi connectivity index (χ1v) is 19.2. The van der Waals surface area contributed by atoms with E-state index in [2.05, 4.69) is 56.9 Å². The van der Waals surface area contributed by atoms with Crippen LogP contribution in [0.4, 0.5) is 5.69 Å². The molecule has 52 heavy (non-hydrogen) atoms. The molecule has 7 atom stereocenters. The van der Waals surface area contributed by atoms with Crippen molar-refractivity contribution < 1.29 is 34.2 Å². The molecule has 12 heteroatoms. The lowest BCUT2D eigenvalue weighted by atomic mass is 9.44. The lowest BCUT2D eigenvalue weighted by molar-refractivity contribution is -0.157. The molecule has 0 aromatic heterocycles. The van der Waals surface area contributed by atoms with Crippen molar-refractivity contribution in [3.05, 3.63) is 65.9 Å². The van der Waals surface area contributed by atoms with Gasteiger partial charge in [0.25, 0.3) is 11.8 Å². The molecule has 5 rings (SSSR count). The number of halogens is 1. The average molecular weight is 780 g/mol. The molecule has 0 bridgehead atoms. The number of rotatable bonds is 14. The van der Waals surface area contributed by atoms with Gasteiger partial charge in [-0.05, 0) is 98.5 Å². The second kappa shape index (κ2) is 16.1. The molecular formula is C40H51BrN4O7. The monoisotopic (exact) mass is 778 g/mol. The van der Waals surface area contributed by atoms with Gasteiger partial charge >= 0.3 is 0 Å². The average Bonchev–Trinajstić information content (AvgIpc) is 3.41. The lowest BCUT2D eigenvalue weighted by Gasteiger charge is -2.60. The summed E-state index contributed by atoms with van der Waals surface area (Å²) in [5.41, 5.74) is 1.94. The first-order valence-electron chi connectivity index (χ1n) is 18.1. The molecule has 7 unspecified atom stereocenters. The maximum atomic E-state index is 13.9. The van der Waals surface area contributed by atoms with Crippen molar-refractivity contribution in [3.8, 4) is 0 Å². The summed E-state index contributed by atoms with van der Waals surface area (Å²) in [5, 5.41) is 27.3. The number of allylic oxidation sites excluding steroid dienone is 5. The Kier molecular flexibility index (Phi) is 12.2. The number of amides is 3. The van der Waals surface area contributed by atoms with Crippen molar-refractivity contribution >= 4 is 57.1 Å². The van der Waals surface area contributed by atoms with E-state index in [-0.39, 0.29) is 52.5 Å². The first-order chi connectivity index (χ1) is 24.7. The van der Waals surface area contributed by atoms with Crippen molar-refractivity contribution in [1.82, 2.24) is 10.6 Å². The second-order valence-electron chi connectivity index (χ2n) is 15.4. The fraction of sp³-hybridized carbons (Fsp3) is 0.550. The Hall–Kier alpha value is -3.74. The molecular weight excluding hydrogens is 728 g/mol. The minimum atomic E-state index is -0.826. The molecule has 1 aromatic rings. The number of aryl methyl sites for hydroxylation is 1. The molecule has 4 aliphatic carbocycles. The van der Waals surface area contributed by atoms with Crippen molar-refractivity contribution in [2.24, 2.45) is 39.0 Å². The van der Waals surface area contributed by atoms with Crippen LogP contribution in [-0.4, -0.2) is 83.9 Å². The Balaban J connectivity index is 1.19. The summed E-state index contributed by atoms with van der Waals surface area (Å²) in [6, 6.07) is 8.16. The van der Waals surface area contributed by atoms with Crippen molar-refractivity contribution in [2.45, 2.75) is 71.3 Å². The minimum Gasteiger partial charge on any atom is -0.393 e. The summed E-state index contributed by atoms with van der Waals surface area (Å²) in [4.78, 5) is 66.8. The van der Waals surface area contributed by atoms with Crippen LogP contribution in [0.1, 0.15) is 64.4 Å². The second-order valence-corrected chi connectivity index (χ2v) is 16.0. The van der Waals surface area contributed by atoms with Crippen molar-refractivity contribution in [1.29, 1.82) is 0 Å². The summed E-state index contributed by atoms with van der Waals surface area (Å²) in [6.07, 6.45) is 11.3. The zero-order valence-corrected chi connectivity index (χ0v) is 31.9. The number of aliphatic hydroxyl groups is 2. The van der Waals surface area contributed by atoms with Gasteiger partial charge < -0.3 is 25.7 Å². The van der Waals surface area contributed by atoms with Crippen LogP contribution in [0.15, 0.2) is 65.3 Å². The predicted octanol–water partition coefficient (Wildman–Crippen LogP) is 4.01. The molecule has 3 amide bonds. The Bertz CT molecular complexity index is 1690. The van der Waals surface area contributed by atoms with E-state index in [9.17, 15) is 34.2 Å².